The maximum absolute atomic E-state index is 6.28. The summed E-state index contributed by atoms with van der Waals surface area (Å²) in [5, 5.41) is 4.47. The Hall–Kier alpha value is -0.000000000000000132. The van der Waals surface area contributed by atoms with Crippen LogP contribution in [0.4, 0.5) is 5.69 Å². The van der Waals surface area contributed by atoms with E-state index >= 15 is 0 Å². The van der Waals surface area contributed by atoms with Gasteiger partial charge in [-0.3, -0.25) is 0 Å². The summed E-state index contributed by atoms with van der Waals surface area (Å²) in [6.45, 7) is 2.55. The molecule has 2 heterocycles. The average molecular weight is 377 g/mol. The lowest BCUT2D eigenvalue weighted by atomic mass is 9.97. The number of halogens is 2. The molecule has 0 aliphatic carbocycles. The highest BCUT2D eigenvalue weighted by atomic mass is 127. The third-order valence-electron chi connectivity index (χ3n) is 4.11. The Morgan fingerprint density at radius 2 is 2.17 bits per heavy atom. The predicted octanol–water partition coefficient (Wildman–Crippen LogP) is 3.98. The summed E-state index contributed by atoms with van der Waals surface area (Å²) in [7, 11) is 0. The molecule has 0 spiro atoms. The van der Waals surface area contributed by atoms with Crippen LogP contribution in [0.1, 0.15) is 25.7 Å². The molecule has 4 heteroatoms. The van der Waals surface area contributed by atoms with E-state index in [-0.39, 0.29) is 0 Å². The fraction of sp³-hybridized carbons (Fsp3) is 0.571. The van der Waals surface area contributed by atoms with Crippen molar-refractivity contribution in [3.05, 3.63) is 26.8 Å². The van der Waals surface area contributed by atoms with Crippen LogP contribution in [0.2, 0.25) is 5.02 Å². The molecule has 0 saturated carbocycles. The summed E-state index contributed by atoms with van der Waals surface area (Å²) in [6.07, 6.45) is 5.25. The third-order valence-corrected chi connectivity index (χ3v) is 5.09. The Kier molecular flexibility index (Phi) is 4.01. The van der Waals surface area contributed by atoms with Gasteiger partial charge < -0.3 is 10.2 Å². The molecular formula is C14H18ClIN2. The quantitative estimate of drug-likeness (QED) is 0.785. The van der Waals surface area contributed by atoms with Gasteiger partial charge in [0.1, 0.15) is 0 Å². The molecule has 2 saturated heterocycles. The number of nitrogens with zero attached hydrogens (tertiary/aromatic N) is 1. The number of benzene rings is 1. The molecule has 0 radical (unpaired) electrons. The van der Waals surface area contributed by atoms with Crippen molar-refractivity contribution in [1.82, 2.24) is 4.90 Å². The Morgan fingerprint density at radius 1 is 1.28 bits per heavy atom. The first-order valence-corrected chi connectivity index (χ1v) is 8.14. The van der Waals surface area contributed by atoms with E-state index in [1.54, 1.807) is 0 Å². The first-order valence-electron chi connectivity index (χ1n) is 6.68. The second kappa shape index (κ2) is 5.55. The van der Waals surface area contributed by atoms with Gasteiger partial charge in [0.05, 0.1) is 10.7 Å². The SMILES string of the molecule is Clc1cc(I)ccc1NC1CCN2CCCC2C1. The number of anilines is 1. The second-order valence-electron chi connectivity index (χ2n) is 5.32. The number of piperidine rings is 1. The summed E-state index contributed by atoms with van der Waals surface area (Å²) < 4.78 is 1.19. The maximum Gasteiger partial charge on any atom is 0.0648 e. The standard InChI is InChI=1S/C14H18ClIN2/c15-13-8-10(16)3-4-14(13)17-11-5-7-18-6-1-2-12(18)9-11/h3-4,8,11-12,17H,1-2,5-7,9H2. The summed E-state index contributed by atoms with van der Waals surface area (Å²) in [6, 6.07) is 7.63. The lowest BCUT2D eigenvalue weighted by molar-refractivity contribution is 0.188. The summed E-state index contributed by atoms with van der Waals surface area (Å²) in [5.41, 5.74) is 1.09. The first kappa shape index (κ1) is 13.0. The van der Waals surface area contributed by atoms with Gasteiger partial charge in [0, 0.05) is 22.2 Å². The number of hydrogen-bond acceptors (Lipinski definition) is 2. The van der Waals surface area contributed by atoms with Crippen molar-refractivity contribution in [2.24, 2.45) is 0 Å². The molecule has 2 nitrogen and oxygen atoms in total. The fourth-order valence-corrected chi connectivity index (χ4v) is 4.09. The van der Waals surface area contributed by atoms with Gasteiger partial charge in [-0.1, -0.05) is 11.6 Å². The topological polar surface area (TPSA) is 15.3 Å². The monoisotopic (exact) mass is 376 g/mol. The average Bonchev–Trinajstić information content (AvgIpc) is 2.80. The Morgan fingerprint density at radius 3 is 3.00 bits per heavy atom. The molecule has 2 aliphatic heterocycles. The van der Waals surface area contributed by atoms with E-state index in [0.717, 1.165) is 16.8 Å². The lowest BCUT2D eigenvalue weighted by Crippen LogP contribution is -2.42. The van der Waals surface area contributed by atoms with Gasteiger partial charge in [-0.2, -0.15) is 0 Å². The van der Waals surface area contributed by atoms with Crippen LogP contribution in [0.25, 0.3) is 0 Å². The third kappa shape index (κ3) is 2.78. The van der Waals surface area contributed by atoms with Crippen LogP contribution in [-0.4, -0.2) is 30.1 Å². The zero-order chi connectivity index (χ0) is 12.5. The molecule has 1 N–H and O–H groups in total. The molecule has 2 aliphatic rings. The highest BCUT2D eigenvalue weighted by molar-refractivity contribution is 14.1. The molecule has 2 fully saturated rings. The lowest BCUT2D eigenvalue weighted by Gasteiger charge is -2.35. The first-order chi connectivity index (χ1) is 8.72. The molecule has 2 atom stereocenters. The van der Waals surface area contributed by atoms with Crippen molar-refractivity contribution in [2.75, 3.05) is 18.4 Å². The zero-order valence-corrected chi connectivity index (χ0v) is 13.2. The Labute approximate surface area is 127 Å². The summed E-state index contributed by atoms with van der Waals surface area (Å²) >= 11 is 8.58. The molecule has 18 heavy (non-hydrogen) atoms. The minimum absolute atomic E-state index is 0.585. The van der Waals surface area contributed by atoms with Crippen molar-refractivity contribution in [3.63, 3.8) is 0 Å². The molecular weight excluding hydrogens is 359 g/mol. The van der Waals surface area contributed by atoms with E-state index in [9.17, 15) is 0 Å². The highest BCUT2D eigenvalue weighted by Crippen LogP contribution is 2.30. The molecule has 2 unspecified atom stereocenters. The summed E-state index contributed by atoms with van der Waals surface area (Å²) in [4.78, 5) is 2.65. The van der Waals surface area contributed by atoms with E-state index in [0.29, 0.717) is 6.04 Å². The van der Waals surface area contributed by atoms with Crippen LogP contribution in [0, 0.1) is 3.57 Å². The number of nitrogens with one attached hydrogen (secondary N) is 1. The van der Waals surface area contributed by atoms with E-state index in [1.807, 2.05) is 6.07 Å². The van der Waals surface area contributed by atoms with E-state index in [4.69, 9.17) is 11.6 Å². The minimum Gasteiger partial charge on any atom is -0.381 e. The molecule has 98 valence electrons. The van der Waals surface area contributed by atoms with Crippen LogP contribution < -0.4 is 5.32 Å². The van der Waals surface area contributed by atoms with Crippen LogP contribution in [0.15, 0.2) is 18.2 Å². The molecule has 3 rings (SSSR count). The van der Waals surface area contributed by atoms with Crippen LogP contribution in [0.3, 0.4) is 0 Å². The second-order valence-corrected chi connectivity index (χ2v) is 6.97. The van der Waals surface area contributed by atoms with Gasteiger partial charge in [0.25, 0.3) is 0 Å². The van der Waals surface area contributed by atoms with Crippen molar-refractivity contribution in [2.45, 2.75) is 37.8 Å². The van der Waals surface area contributed by atoms with E-state index < -0.39 is 0 Å². The predicted molar refractivity (Wildman–Crippen MR) is 85.4 cm³/mol. The van der Waals surface area contributed by atoms with Gasteiger partial charge in [0.2, 0.25) is 0 Å². The van der Waals surface area contributed by atoms with Gasteiger partial charge in [-0.25, -0.2) is 0 Å². The molecule has 1 aromatic carbocycles. The van der Waals surface area contributed by atoms with Crippen molar-refractivity contribution < 1.29 is 0 Å². The van der Waals surface area contributed by atoms with Gasteiger partial charge in [-0.05, 0) is 73.0 Å². The van der Waals surface area contributed by atoms with Crippen LogP contribution >= 0.6 is 34.2 Å². The highest BCUT2D eigenvalue weighted by Gasteiger charge is 2.31. The van der Waals surface area contributed by atoms with Crippen molar-refractivity contribution >= 4 is 39.9 Å². The Balaban J connectivity index is 1.66. The fourth-order valence-electron chi connectivity index (χ4n) is 3.18. The molecule has 0 amide bonds. The Bertz CT molecular complexity index is 438. The molecule has 1 aromatic rings. The zero-order valence-electron chi connectivity index (χ0n) is 10.3. The number of fused-ring (bicyclic) bond motifs is 1. The smallest absolute Gasteiger partial charge is 0.0648 e. The molecule has 0 aromatic heterocycles. The number of hydrogen-bond donors (Lipinski definition) is 1. The van der Waals surface area contributed by atoms with Crippen molar-refractivity contribution in [1.29, 1.82) is 0 Å². The largest absolute Gasteiger partial charge is 0.381 e. The van der Waals surface area contributed by atoms with Gasteiger partial charge >= 0.3 is 0 Å². The van der Waals surface area contributed by atoms with E-state index in [2.05, 4.69) is 44.9 Å². The maximum atomic E-state index is 6.28. The van der Waals surface area contributed by atoms with E-state index in [1.165, 1.54) is 42.3 Å². The molecule has 0 bridgehead atoms. The number of rotatable bonds is 2. The van der Waals surface area contributed by atoms with Gasteiger partial charge in [-0.15, -0.1) is 0 Å². The van der Waals surface area contributed by atoms with Crippen LogP contribution in [-0.2, 0) is 0 Å². The summed E-state index contributed by atoms with van der Waals surface area (Å²) in [5.74, 6) is 0. The van der Waals surface area contributed by atoms with Gasteiger partial charge in [0.15, 0.2) is 0 Å². The van der Waals surface area contributed by atoms with Crippen LogP contribution in [0.5, 0.6) is 0 Å². The normalized spacial score (nSPS) is 28.1. The van der Waals surface area contributed by atoms with Crippen molar-refractivity contribution in [3.8, 4) is 0 Å². The minimum atomic E-state index is 0.585.